The molecule has 0 saturated heterocycles. The number of nitrogens with one attached hydrogen (secondary N) is 1. The molecule has 0 aliphatic heterocycles. The zero-order valence-electron chi connectivity index (χ0n) is 22.6. The van der Waals surface area contributed by atoms with Crippen LogP contribution in [0.4, 0.5) is 34.1 Å². The van der Waals surface area contributed by atoms with Crippen molar-refractivity contribution in [2.45, 2.75) is 11.4 Å². The number of phenols is 1. The largest absolute Gasteiger partial charge is 0.505 e. The standard InChI is InChI=1S/C29H24N6O4S.O3S/c30-21-8-6-19(7-9-21)18-31-25-14-15-26-20(16-25)17-27(40(37,38)39)28(29(26)36)35-34-24-12-10-23(11-13-24)33-32-22-4-2-1-3-5-22;1-4(2)3/h1-17,31,36H,18,30H2,(H,37,38,39);. The molecule has 0 aliphatic carbocycles. The van der Waals surface area contributed by atoms with Crippen LogP contribution in [-0.4, -0.2) is 30.7 Å². The molecule has 44 heavy (non-hydrogen) atoms. The number of rotatable bonds is 8. The molecule has 0 spiro atoms. The van der Waals surface area contributed by atoms with Crippen LogP contribution in [0.15, 0.2) is 128 Å². The highest BCUT2D eigenvalue weighted by Gasteiger charge is 2.22. The van der Waals surface area contributed by atoms with Crippen LogP contribution < -0.4 is 11.1 Å². The van der Waals surface area contributed by atoms with E-state index in [1.54, 1.807) is 54.6 Å². The zero-order chi connectivity index (χ0) is 31.7. The van der Waals surface area contributed by atoms with Crippen LogP contribution in [0.1, 0.15) is 5.56 Å². The lowest BCUT2D eigenvalue weighted by Gasteiger charge is -2.12. The van der Waals surface area contributed by atoms with E-state index in [0.717, 1.165) is 5.56 Å². The summed E-state index contributed by atoms with van der Waals surface area (Å²) >= 11 is 0. The summed E-state index contributed by atoms with van der Waals surface area (Å²) in [6.45, 7) is 0.502. The Bertz CT molecular complexity index is 2050. The van der Waals surface area contributed by atoms with Crippen molar-refractivity contribution < 1.29 is 30.7 Å². The second-order valence-electron chi connectivity index (χ2n) is 9.03. The van der Waals surface area contributed by atoms with Gasteiger partial charge in [-0.25, -0.2) is 0 Å². The lowest BCUT2D eigenvalue weighted by Crippen LogP contribution is -2.01. The average Bonchev–Trinajstić information content (AvgIpc) is 2.99. The van der Waals surface area contributed by atoms with Gasteiger partial charge in [-0.3, -0.25) is 4.55 Å². The van der Waals surface area contributed by atoms with Gasteiger partial charge < -0.3 is 16.2 Å². The molecule has 0 bridgehead atoms. The normalized spacial score (nSPS) is 11.4. The van der Waals surface area contributed by atoms with Gasteiger partial charge in [0.25, 0.3) is 10.1 Å². The molecule has 0 aliphatic rings. The molecule has 0 amide bonds. The van der Waals surface area contributed by atoms with E-state index in [1.165, 1.54) is 6.07 Å². The van der Waals surface area contributed by atoms with Gasteiger partial charge in [-0.1, -0.05) is 30.3 Å². The van der Waals surface area contributed by atoms with Gasteiger partial charge in [0, 0.05) is 23.3 Å². The molecule has 224 valence electrons. The Hall–Kier alpha value is -5.51. The molecular formula is C29H24N6O7S2. The van der Waals surface area contributed by atoms with Gasteiger partial charge in [-0.15, -0.1) is 17.7 Å². The van der Waals surface area contributed by atoms with Crippen LogP contribution in [0.5, 0.6) is 5.75 Å². The fourth-order valence-electron chi connectivity index (χ4n) is 3.90. The van der Waals surface area contributed by atoms with Crippen molar-refractivity contribution in [3.05, 3.63) is 109 Å². The van der Waals surface area contributed by atoms with Crippen molar-refractivity contribution in [3.63, 3.8) is 0 Å². The molecule has 0 aromatic heterocycles. The zero-order valence-corrected chi connectivity index (χ0v) is 24.3. The SMILES string of the molecule is Nc1ccc(CNc2ccc3c(O)c(N=Nc4ccc(N=Nc5ccccc5)cc4)c(S(=O)(=O)O)cc3c2)cc1.O=S(=O)=O. The predicted molar refractivity (Wildman–Crippen MR) is 165 cm³/mol. The number of nitrogen functional groups attached to an aromatic ring is 1. The highest BCUT2D eigenvalue weighted by atomic mass is 32.2. The van der Waals surface area contributed by atoms with E-state index in [-0.39, 0.29) is 5.69 Å². The minimum absolute atomic E-state index is 0.344. The van der Waals surface area contributed by atoms with Crippen molar-refractivity contribution in [1.82, 2.24) is 0 Å². The molecule has 0 atom stereocenters. The van der Waals surface area contributed by atoms with Crippen LogP contribution in [0.25, 0.3) is 10.8 Å². The molecule has 0 heterocycles. The Labute approximate surface area is 253 Å². The second kappa shape index (κ2) is 14.1. The molecule has 0 radical (unpaired) electrons. The lowest BCUT2D eigenvalue weighted by molar-refractivity contribution is 0.472. The smallest absolute Gasteiger partial charge is 0.425 e. The van der Waals surface area contributed by atoms with Crippen molar-refractivity contribution in [1.29, 1.82) is 0 Å². The van der Waals surface area contributed by atoms with Gasteiger partial charge in [0.05, 0.1) is 17.1 Å². The first-order valence-electron chi connectivity index (χ1n) is 12.6. The number of hydrogen-bond acceptors (Lipinski definition) is 12. The van der Waals surface area contributed by atoms with Crippen LogP contribution in [0.3, 0.4) is 0 Å². The summed E-state index contributed by atoms with van der Waals surface area (Å²) in [5.74, 6) is -0.424. The molecule has 5 N–H and O–H groups in total. The summed E-state index contributed by atoms with van der Waals surface area (Å²) in [4.78, 5) is -0.565. The number of azo groups is 2. The molecule has 0 unspecified atom stereocenters. The van der Waals surface area contributed by atoms with E-state index in [0.29, 0.717) is 45.8 Å². The number of nitrogens with two attached hydrogens (primary N) is 1. The van der Waals surface area contributed by atoms with E-state index < -0.39 is 31.4 Å². The fourth-order valence-corrected chi connectivity index (χ4v) is 4.56. The summed E-state index contributed by atoms with van der Waals surface area (Å²) < 4.78 is 59.7. The maximum Gasteiger partial charge on any atom is 0.425 e. The first-order chi connectivity index (χ1) is 21.0. The summed E-state index contributed by atoms with van der Waals surface area (Å²) in [6.07, 6.45) is 0. The minimum atomic E-state index is -4.74. The van der Waals surface area contributed by atoms with Gasteiger partial charge in [-0.05, 0) is 83.7 Å². The molecule has 13 nitrogen and oxygen atoms in total. The first kappa shape index (κ1) is 31.4. The Morgan fingerprint density at radius 3 is 1.84 bits per heavy atom. The molecular weight excluding hydrogens is 608 g/mol. The molecule has 5 rings (SSSR count). The summed E-state index contributed by atoms with van der Waals surface area (Å²) in [5, 5.41) is 31.3. The maximum atomic E-state index is 12.2. The predicted octanol–water partition coefficient (Wildman–Crippen LogP) is 6.81. The van der Waals surface area contributed by atoms with E-state index >= 15 is 0 Å². The number of aromatic hydroxyl groups is 1. The number of hydrogen-bond donors (Lipinski definition) is 4. The van der Waals surface area contributed by atoms with Gasteiger partial charge >= 0.3 is 10.6 Å². The van der Waals surface area contributed by atoms with Gasteiger partial charge in [-0.2, -0.15) is 23.8 Å². The number of phenolic OH excluding ortho intramolecular Hbond substituents is 1. The number of anilines is 2. The third-order valence-electron chi connectivity index (χ3n) is 5.96. The second-order valence-corrected chi connectivity index (χ2v) is 10.8. The lowest BCUT2D eigenvalue weighted by atomic mass is 10.1. The number of benzene rings is 5. The van der Waals surface area contributed by atoms with Gasteiger partial charge in [0.1, 0.15) is 10.6 Å². The summed E-state index contributed by atoms with van der Waals surface area (Å²) in [5.41, 5.74) is 9.37. The van der Waals surface area contributed by atoms with Crippen molar-refractivity contribution in [2.75, 3.05) is 11.1 Å². The monoisotopic (exact) mass is 632 g/mol. The highest BCUT2D eigenvalue weighted by molar-refractivity contribution is 7.86. The van der Waals surface area contributed by atoms with Crippen LogP contribution in [-0.2, 0) is 27.3 Å². The van der Waals surface area contributed by atoms with E-state index in [2.05, 4.69) is 25.8 Å². The van der Waals surface area contributed by atoms with Crippen molar-refractivity contribution >= 4 is 65.6 Å². The quantitative estimate of drug-likeness (QED) is 0.0801. The Morgan fingerprint density at radius 1 is 0.727 bits per heavy atom. The van der Waals surface area contributed by atoms with Crippen LogP contribution >= 0.6 is 0 Å². The third-order valence-corrected chi connectivity index (χ3v) is 6.82. The third kappa shape index (κ3) is 8.75. The number of nitrogens with zero attached hydrogens (tertiary/aromatic N) is 4. The van der Waals surface area contributed by atoms with Crippen LogP contribution in [0.2, 0.25) is 0 Å². The van der Waals surface area contributed by atoms with Gasteiger partial charge in [0.15, 0.2) is 5.75 Å². The molecule has 5 aromatic carbocycles. The highest BCUT2D eigenvalue weighted by Crippen LogP contribution is 2.42. The Balaban J connectivity index is 0.00000104. The van der Waals surface area contributed by atoms with E-state index in [1.807, 2.05) is 42.5 Å². The molecule has 15 heteroatoms. The summed E-state index contributed by atoms with van der Waals surface area (Å²) in [7, 11) is -7.85. The maximum absolute atomic E-state index is 12.2. The topological polar surface area (TPSA) is 213 Å². The molecule has 5 aromatic rings. The van der Waals surface area contributed by atoms with Crippen LogP contribution in [0, 0.1) is 0 Å². The molecule has 0 fully saturated rings. The molecule has 0 saturated carbocycles. The number of fused-ring (bicyclic) bond motifs is 1. The Morgan fingerprint density at radius 2 is 1.27 bits per heavy atom. The summed E-state index contributed by atoms with van der Waals surface area (Å²) in [6, 6.07) is 29.5. The average molecular weight is 633 g/mol. The minimum Gasteiger partial charge on any atom is -0.505 e. The van der Waals surface area contributed by atoms with E-state index in [9.17, 15) is 18.1 Å². The van der Waals surface area contributed by atoms with Gasteiger partial charge in [0.2, 0.25) is 0 Å². The van der Waals surface area contributed by atoms with E-state index in [4.69, 9.17) is 18.4 Å². The van der Waals surface area contributed by atoms with Crippen molar-refractivity contribution in [2.24, 2.45) is 20.5 Å². The fraction of sp³-hybridized carbons (Fsp3) is 0.0345. The van der Waals surface area contributed by atoms with Crippen molar-refractivity contribution in [3.8, 4) is 5.75 Å². The Kier molecular flexibility index (Phi) is 10.1. The first-order valence-corrected chi connectivity index (χ1v) is 15.0.